The molecule has 1 aliphatic heterocycles. The maximum absolute atomic E-state index is 12.6. The number of aromatic nitrogens is 1. The summed E-state index contributed by atoms with van der Waals surface area (Å²) in [7, 11) is -3.59. The van der Waals surface area contributed by atoms with E-state index in [1.165, 1.54) is 10.5 Å². The van der Waals surface area contributed by atoms with Gasteiger partial charge < -0.3 is 10.3 Å². The van der Waals surface area contributed by atoms with Crippen molar-refractivity contribution in [3.63, 3.8) is 0 Å². The van der Waals surface area contributed by atoms with Gasteiger partial charge in [0, 0.05) is 32.4 Å². The average Bonchev–Trinajstić information content (AvgIpc) is 2.48. The highest BCUT2D eigenvalue weighted by molar-refractivity contribution is 7.89. The first-order valence-corrected chi connectivity index (χ1v) is 8.17. The molecule has 0 aliphatic carbocycles. The van der Waals surface area contributed by atoms with Crippen LogP contribution in [0.4, 0.5) is 5.69 Å². The zero-order valence-corrected chi connectivity index (χ0v) is 12.4. The van der Waals surface area contributed by atoms with Gasteiger partial charge in [0.2, 0.25) is 0 Å². The number of pyridine rings is 1. The van der Waals surface area contributed by atoms with Crippen LogP contribution < -0.4 is 11.3 Å². The second-order valence-corrected chi connectivity index (χ2v) is 6.60. The Hall–Kier alpha value is -1.22. The fraction of sp³-hybridized carbons (Fsp3) is 0.583. The van der Waals surface area contributed by atoms with Crippen LogP contribution in [0.15, 0.2) is 23.4 Å². The summed E-state index contributed by atoms with van der Waals surface area (Å²) in [5.74, 6) is 5.36. The third-order valence-corrected chi connectivity index (χ3v) is 5.24. The van der Waals surface area contributed by atoms with Crippen molar-refractivity contribution in [2.75, 3.05) is 38.1 Å². The number of hydrogen-bond donors (Lipinski definition) is 2. The standard InChI is InChI=1S/C12H21N5O2S/c1-2-6-16-7-9-17(10-8-16)20(18,19)12-11(15-13)4-3-5-14-12/h3-5,15H,2,6-10,13H2,1H3. The number of nitrogen functional groups attached to an aromatic ring is 1. The summed E-state index contributed by atoms with van der Waals surface area (Å²) in [6, 6.07) is 3.25. The molecule has 0 unspecified atom stereocenters. The predicted molar refractivity (Wildman–Crippen MR) is 77.5 cm³/mol. The lowest BCUT2D eigenvalue weighted by molar-refractivity contribution is 0.188. The third kappa shape index (κ3) is 3.09. The average molecular weight is 299 g/mol. The van der Waals surface area contributed by atoms with E-state index in [2.05, 4.69) is 22.2 Å². The lowest BCUT2D eigenvalue weighted by Crippen LogP contribution is -2.48. The van der Waals surface area contributed by atoms with E-state index in [1.807, 2.05) is 0 Å². The molecule has 1 saturated heterocycles. The number of nitrogens with zero attached hydrogens (tertiary/aromatic N) is 3. The Bertz CT molecular complexity index is 541. The highest BCUT2D eigenvalue weighted by atomic mass is 32.2. The molecule has 1 aromatic heterocycles. The molecule has 0 amide bonds. The second-order valence-electron chi connectivity index (χ2n) is 4.75. The maximum atomic E-state index is 12.6. The molecule has 3 N–H and O–H groups in total. The molecule has 0 saturated carbocycles. The van der Waals surface area contributed by atoms with E-state index in [9.17, 15) is 8.42 Å². The van der Waals surface area contributed by atoms with Gasteiger partial charge in [-0.1, -0.05) is 6.92 Å². The molecule has 2 heterocycles. The van der Waals surface area contributed by atoms with Gasteiger partial charge in [0.05, 0.1) is 5.69 Å². The van der Waals surface area contributed by atoms with Crippen molar-refractivity contribution in [1.82, 2.24) is 14.2 Å². The van der Waals surface area contributed by atoms with Gasteiger partial charge in [-0.25, -0.2) is 13.4 Å². The Labute approximate surface area is 119 Å². The van der Waals surface area contributed by atoms with Gasteiger partial charge in [0.1, 0.15) is 0 Å². The fourth-order valence-corrected chi connectivity index (χ4v) is 3.83. The summed E-state index contributed by atoms with van der Waals surface area (Å²) in [4.78, 5) is 6.24. The smallest absolute Gasteiger partial charge is 0.262 e. The summed E-state index contributed by atoms with van der Waals surface area (Å²) in [5, 5.41) is -0.00792. The van der Waals surface area contributed by atoms with Crippen LogP contribution in [0.25, 0.3) is 0 Å². The van der Waals surface area contributed by atoms with Crippen molar-refractivity contribution < 1.29 is 8.42 Å². The van der Waals surface area contributed by atoms with Crippen molar-refractivity contribution >= 4 is 15.7 Å². The molecule has 7 nitrogen and oxygen atoms in total. The van der Waals surface area contributed by atoms with Crippen molar-refractivity contribution in [3.05, 3.63) is 18.3 Å². The number of piperazine rings is 1. The SMILES string of the molecule is CCCN1CCN(S(=O)(=O)c2ncccc2NN)CC1. The molecule has 112 valence electrons. The van der Waals surface area contributed by atoms with Gasteiger partial charge in [-0.2, -0.15) is 4.31 Å². The van der Waals surface area contributed by atoms with E-state index in [4.69, 9.17) is 5.84 Å². The summed E-state index contributed by atoms with van der Waals surface area (Å²) >= 11 is 0. The second kappa shape index (κ2) is 6.49. The molecule has 0 bridgehead atoms. The topological polar surface area (TPSA) is 91.6 Å². The van der Waals surface area contributed by atoms with Crippen molar-refractivity contribution in [2.24, 2.45) is 5.84 Å². The zero-order valence-electron chi connectivity index (χ0n) is 11.6. The van der Waals surface area contributed by atoms with Crippen LogP contribution in [0.3, 0.4) is 0 Å². The van der Waals surface area contributed by atoms with Gasteiger partial charge in [0.15, 0.2) is 5.03 Å². The van der Waals surface area contributed by atoms with Crippen molar-refractivity contribution in [1.29, 1.82) is 0 Å². The van der Waals surface area contributed by atoms with Crippen LogP contribution in [-0.4, -0.2) is 55.3 Å². The van der Waals surface area contributed by atoms with E-state index >= 15 is 0 Å². The van der Waals surface area contributed by atoms with Crippen LogP contribution in [-0.2, 0) is 10.0 Å². The Kier molecular flexibility index (Phi) is 4.92. The minimum atomic E-state index is -3.59. The van der Waals surface area contributed by atoms with Crippen molar-refractivity contribution in [3.8, 4) is 0 Å². The van der Waals surface area contributed by atoms with Crippen LogP contribution >= 0.6 is 0 Å². The molecule has 0 spiro atoms. The lowest BCUT2D eigenvalue weighted by atomic mass is 10.3. The highest BCUT2D eigenvalue weighted by Gasteiger charge is 2.31. The van der Waals surface area contributed by atoms with Crippen LogP contribution in [0, 0.1) is 0 Å². The molecule has 0 atom stereocenters. The fourth-order valence-electron chi connectivity index (χ4n) is 2.34. The molecule has 0 radical (unpaired) electrons. The lowest BCUT2D eigenvalue weighted by Gasteiger charge is -2.33. The number of hydrazine groups is 1. The molecule has 20 heavy (non-hydrogen) atoms. The molecule has 1 fully saturated rings. The number of sulfonamides is 1. The van der Waals surface area contributed by atoms with E-state index in [0.717, 1.165) is 26.1 Å². The van der Waals surface area contributed by atoms with Gasteiger partial charge in [0.25, 0.3) is 10.0 Å². The summed E-state index contributed by atoms with van der Waals surface area (Å²) in [6.45, 7) is 5.62. The predicted octanol–water partition coefficient (Wildman–Crippen LogP) is 0.0835. The molecule has 0 aromatic carbocycles. The Morgan fingerprint density at radius 1 is 1.35 bits per heavy atom. The monoisotopic (exact) mass is 299 g/mol. The molecular weight excluding hydrogens is 278 g/mol. The van der Waals surface area contributed by atoms with Crippen molar-refractivity contribution in [2.45, 2.75) is 18.4 Å². The summed E-state index contributed by atoms with van der Waals surface area (Å²) < 4.78 is 26.6. The van der Waals surface area contributed by atoms with Crippen LogP contribution in [0.1, 0.15) is 13.3 Å². The largest absolute Gasteiger partial charge is 0.321 e. The van der Waals surface area contributed by atoms with E-state index in [0.29, 0.717) is 18.8 Å². The minimum Gasteiger partial charge on any atom is -0.321 e. The first-order chi connectivity index (χ1) is 9.59. The number of hydrogen-bond acceptors (Lipinski definition) is 6. The van der Waals surface area contributed by atoms with Crippen LogP contribution in [0.5, 0.6) is 0 Å². The minimum absolute atomic E-state index is 0.00792. The highest BCUT2D eigenvalue weighted by Crippen LogP contribution is 2.22. The van der Waals surface area contributed by atoms with E-state index < -0.39 is 10.0 Å². The Morgan fingerprint density at radius 2 is 2.05 bits per heavy atom. The Balaban J connectivity index is 2.16. The summed E-state index contributed by atoms with van der Waals surface area (Å²) in [6.07, 6.45) is 2.54. The number of nitrogens with two attached hydrogens (primary N) is 1. The van der Waals surface area contributed by atoms with Gasteiger partial charge in [-0.15, -0.1) is 0 Å². The zero-order chi connectivity index (χ0) is 14.6. The maximum Gasteiger partial charge on any atom is 0.262 e. The molecule has 8 heteroatoms. The van der Waals surface area contributed by atoms with Gasteiger partial charge >= 0.3 is 0 Å². The van der Waals surface area contributed by atoms with E-state index in [-0.39, 0.29) is 5.03 Å². The first-order valence-electron chi connectivity index (χ1n) is 6.73. The molecule has 1 aromatic rings. The van der Waals surface area contributed by atoms with Gasteiger partial charge in [-0.05, 0) is 25.1 Å². The molecule has 1 aliphatic rings. The molecular formula is C12H21N5O2S. The Morgan fingerprint density at radius 3 is 2.65 bits per heavy atom. The first kappa shape index (κ1) is 15.2. The number of nitrogens with one attached hydrogen (secondary N) is 1. The molecule has 2 rings (SSSR count). The van der Waals surface area contributed by atoms with E-state index in [1.54, 1.807) is 12.1 Å². The number of anilines is 1. The third-order valence-electron chi connectivity index (χ3n) is 3.38. The van der Waals surface area contributed by atoms with Gasteiger partial charge in [-0.3, -0.25) is 5.84 Å². The summed E-state index contributed by atoms with van der Waals surface area (Å²) in [5.41, 5.74) is 2.71. The quantitative estimate of drug-likeness (QED) is 0.591. The number of rotatable bonds is 5. The van der Waals surface area contributed by atoms with Crippen LogP contribution in [0.2, 0.25) is 0 Å². The normalized spacial score (nSPS) is 18.1.